The molecule has 0 aliphatic carbocycles. The van der Waals surface area contributed by atoms with Crippen LogP contribution in [0, 0.1) is 11.8 Å². The van der Waals surface area contributed by atoms with Crippen LogP contribution < -0.4 is 4.90 Å². The second-order valence-corrected chi connectivity index (χ2v) is 6.14. The quantitative estimate of drug-likeness (QED) is 0.905. The number of aromatic nitrogens is 2. The van der Waals surface area contributed by atoms with Crippen LogP contribution in [0.4, 0.5) is 5.82 Å². The van der Waals surface area contributed by atoms with Crippen molar-refractivity contribution in [1.29, 1.82) is 0 Å². The number of likely N-dealkylation sites (tertiary alicyclic amines) is 1. The molecule has 2 fully saturated rings. The molecule has 104 valence electrons. The summed E-state index contributed by atoms with van der Waals surface area (Å²) in [6.45, 7) is 4.79. The lowest BCUT2D eigenvalue weighted by atomic mass is 10.0. The van der Waals surface area contributed by atoms with Crippen molar-refractivity contribution in [1.82, 2.24) is 14.9 Å². The lowest BCUT2D eigenvalue weighted by Crippen LogP contribution is -2.27. The van der Waals surface area contributed by atoms with E-state index in [0.717, 1.165) is 42.0 Å². The molecule has 2 aromatic heterocycles. The van der Waals surface area contributed by atoms with E-state index in [1.54, 1.807) is 0 Å². The van der Waals surface area contributed by atoms with E-state index in [9.17, 15) is 0 Å². The molecule has 4 heterocycles. The van der Waals surface area contributed by atoms with Gasteiger partial charge in [0.25, 0.3) is 0 Å². The van der Waals surface area contributed by atoms with E-state index in [1.807, 2.05) is 18.5 Å². The number of aromatic amines is 1. The summed E-state index contributed by atoms with van der Waals surface area (Å²) in [6, 6.07) is 8.41. The topological polar surface area (TPSA) is 35.2 Å². The minimum atomic E-state index is 0.824. The number of pyridine rings is 1. The Morgan fingerprint density at radius 1 is 1.10 bits per heavy atom. The smallest absolute Gasteiger partial charge is 0.128 e. The van der Waals surface area contributed by atoms with Gasteiger partial charge in [-0.15, -0.1) is 0 Å². The van der Waals surface area contributed by atoms with Gasteiger partial charge in [-0.2, -0.15) is 0 Å². The molecule has 0 bridgehead atoms. The summed E-state index contributed by atoms with van der Waals surface area (Å²) in [5.41, 5.74) is 2.28. The molecule has 2 atom stereocenters. The number of fused-ring (bicyclic) bond motifs is 1. The van der Waals surface area contributed by atoms with Crippen LogP contribution in [0.5, 0.6) is 0 Å². The van der Waals surface area contributed by atoms with Gasteiger partial charge in [0.05, 0.1) is 0 Å². The van der Waals surface area contributed by atoms with Crippen LogP contribution in [0.25, 0.3) is 11.3 Å². The maximum Gasteiger partial charge on any atom is 0.128 e. The van der Waals surface area contributed by atoms with Crippen molar-refractivity contribution in [3.63, 3.8) is 0 Å². The van der Waals surface area contributed by atoms with E-state index >= 15 is 0 Å². The number of nitrogens with one attached hydrogen (secondary N) is 1. The van der Waals surface area contributed by atoms with Crippen molar-refractivity contribution < 1.29 is 0 Å². The van der Waals surface area contributed by atoms with Crippen LogP contribution in [0.15, 0.2) is 36.7 Å². The second kappa shape index (κ2) is 4.63. The lowest BCUT2D eigenvalue weighted by Gasteiger charge is -2.20. The van der Waals surface area contributed by atoms with Gasteiger partial charge < -0.3 is 14.8 Å². The van der Waals surface area contributed by atoms with Crippen molar-refractivity contribution in [2.24, 2.45) is 11.8 Å². The van der Waals surface area contributed by atoms with E-state index in [1.165, 1.54) is 13.1 Å². The Balaban J connectivity index is 1.50. The molecule has 2 aliphatic rings. The summed E-state index contributed by atoms with van der Waals surface area (Å²) in [6.07, 6.45) is 3.92. The van der Waals surface area contributed by atoms with Gasteiger partial charge in [0.2, 0.25) is 0 Å². The standard InChI is InChI=1S/C16H20N4/c1-19-8-13-10-20(11-14(13)9-19)16-5-4-12(7-18-16)15-3-2-6-17-15/h2-7,13-14,17H,8-11H2,1H3. The molecule has 2 unspecified atom stereocenters. The van der Waals surface area contributed by atoms with Gasteiger partial charge >= 0.3 is 0 Å². The van der Waals surface area contributed by atoms with Crippen molar-refractivity contribution in [3.8, 4) is 11.3 Å². The molecule has 4 heteroatoms. The Labute approximate surface area is 119 Å². The zero-order valence-corrected chi connectivity index (χ0v) is 11.8. The van der Waals surface area contributed by atoms with Crippen molar-refractivity contribution in [2.45, 2.75) is 0 Å². The fourth-order valence-electron chi connectivity index (χ4n) is 3.66. The highest BCUT2D eigenvalue weighted by atomic mass is 15.3. The molecule has 0 aromatic carbocycles. The minimum Gasteiger partial charge on any atom is -0.361 e. The van der Waals surface area contributed by atoms with Gasteiger partial charge in [-0.3, -0.25) is 0 Å². The first kappa shape index (κ1) is 12.0. The summed E-state index contributed by atoms with van der Waals surface area (Å²) in [4.78, 5) is 12.8. The highest BCUT2D eigenvalue weighted by Crippen LogP contribution is 2.32. The Morgan fingerprint density at radius 3 is 2.50 bits per heavy atom. The van der Waals surface area contributed by atoms with E-state index in [2.05, 4.69) is 45.0 Å². The predicted octanol–water partition coefficient (Wildman–Crippen LogP) is 2.07. The first-order valence-electron chi connectivity index (χ1n) is 7.33. The molecule has 1 N–H and O–H groups in total. The lowest BCUT2D eigenvalue weighted by molar-refractivity contribution is 0.387. The van der Waals surface area contributed by atoms with Gasteiger partial charge in [-0.25, -0.2) is 4.98 Å². The van der Waals surface area contributed by atoms with Crippen LogP contribution in [-0.4, -0.2) is 48.1 Å². The van der Waals surface area contributed by atoms with Crippen LogP contribution >= 0.6 is 0 Å². The summed E-state index contributed by atoms with van der Waals surface area (Å²) in [5, 5.41) is 0. The van der Waals surface area contributed by atoms with E-state index in [4.69, 9.17) is 0 Å². The minimum absolute atomic E-state index is 0.824. The van der Waals surface area contributed by atoms with Gasteiger partial charge in [-0.1, -0.05) is 0 Å². The molecule has 2 saturated heterocycles. The molecule has 20 heavy (non-hydrogen) atoms. The van der Waals surface area contributed by atoms with Crippen LogP contribution in [0.1, 0.15) is 0 Å². The Morgan fingerprint density at radius 2 is 1.90 bits per heavy atom. The third-order valence-corrected chi connectivity index (χ3v) is 4.65. The summed E-state index contributed by atoms with van der Waals surface area (Å²) in [5.74, 6) is 2.77. The average Bonchev–Trinajstić information content (AvgIpc) is 3.13. The number of nitrogens with zero attached hydrogens (tertiary/aromatic N) is 3. The maximum absolute atomic E-state index is 4.66. The van der Waals surface area contributed by atoms with Crippen molar-refractivity contribution >= 4 is 5.82 Å². The third kappa shape index (κ3) is 2.00. The van der Waals surface area contributed by atoms with E-state index in [-0.39, 0.29) is 0 Å². The average molecular weight is 268 g/mol. The van der Waals surface area contributed by atoms with Gasteiger partial charge in [-0.05, 0) is 43.1 Å². The summed E-state index contributed by atoms with van der Waals surface area (Å²) in [7, 11) is 2.23. The molecule has 2 aromatic rings. The molecular formula is C16H20N4. The highest BCUT2D eigenvalue weighted by molar-refractivity contribution is 5.60. The van der Waals surface area contributed by atoms with Gasteiger partial charge in [0.15, 0.2) is 0 Å². The van der Waals surface area contributed by atoms with Gasteiger partial charge in [0.1, 0.15) is 5.82 Å². The summed E-state index contributed by atoms with van der Waals surface area (Å²) < 4.78 is 0. The number of H-pyrrole nitrogens is 1. The van der Waals surface area contributed by atoms with Gasteiger partial charge in [0, 0.05) is 49.8 Å². The fraction of sp³-hybridized carbons (Fsp3) is 0.438. The number of anilines is 1. The number of hydrogen-bond donors (Lipinski definition) is 1. The number of rotatable bonds is 2. The maximum atomic E-state index is 4.66. The van der Waals surface area contributed by atoms with Crippen LogP contribution in [-0.2, 0) is 0 Å². The number of hydrogen-bond acceptors (Lipinski definition) is 3. The molecule has 0 radical (unpaired) electrons. The zero-order chi connectivity index (χ0) is 13.5. The highest BCUT2D eigenvalue weighted by Gasteiger charge is 2.38. The Hall–Kier alpha value is -1.81. The normalized spacial score (nSPS) is 26.1. The van der Waals surface area contributed by atoms with Crippen molar-refractivity contribution in [3.05, 3.63) is 36.7 Å². The monoisotopic (exact) mass is 268 g/mol. The van der Waals surface area contributed by atoms with Crippen molar-refractivity contribution in [2.75, 3.05) is 38.1 Å². The first-order chi connectivity index (χ1) is 9.79. The third-order valence-electron chi connectivity index (χ3n) is 4.65. The summed E-state index contributed by atoms with van der Waals surface area (Å²) >= 11 is 0. The SMILES string of the molecule is CN1CC2CN(c3ccc(-c4ccc[nH]4)cn3)CC2C1. The molecular weight excluding hydrogens is 248 g/mol. The fourth-order valence-corrected chi connectivity index (χ4v) is 3.66. The molecule has 2 aliphatic heterocycles. The Kier molecular flexibility index (Phi) is 2.77. The van der Waals surface area contributed by atoms with Crippen LogP contribution in [0.3, 0.4) is 0 Å². The molecule has 4 rings (SSSR count). The second-order valence-electron chi connectivity index (χ2n) is 6.14. The molecule has 0 saturated carbocycles. The van der Waals surface area contributed by atoms with E-state index in [0.29, 0.717) is 0 Å². The largest absolute Gasteiger partial charge is 0.361 e. The molecule has 0 spiro atoms. The first-order valence-corrected chi connectivity index (χ1v) is 7.33. The predicted molar refractivity (Wildman–Crippen MR) is 80.7 cm³/mol. The molecule has 4 nitrogen and oxygen atoms in total. The Bertz CT molecular complexity index is 561. The van der Waals surface area contributed by atoms with E-state index < -0.39 is 0 Å². The zero-order valence-electron chi connectivity index (χ0n) is 11.8. The molecule has 0 amide bonds. The van der Waals surface area contributed by atoms with Crippen LogP contribution in [0.2, 0.25) is 0 Å².